The van der Waals surface area contributed by atoms with Crippen molar-refractivity contribution in [1.82, 2.24) is 15.3 Å². The quantitative estimate of drug-likeness (QED) is 0.892. The molecule has 1 aromatic carbocycles. The van der Waals surface area contributed by atoms with Crippen LogP contribution in [0.15, 0.2) is 36.8 Å². The summed E-state index contributed by atoms with van der Waals surface area (Å²) in [6.45, 7) is 6.18. The van der Waals surface area contributed by atoms with Crippen molar-refractivity contribution >= 4 is 5.91 Å². The first-order valence-corrected chi connectivity index (χ1v) is 7.65. The monoisotopic (exact) mass is 297 g/mol. The van der Waals surface area contributed by atoms with Gasteiger partial charge < -0.3 is 5.32 Å². The van der Waals surface area contributed by atoms with Gasteiger partial charge in [0, 0.05) is 37.5 Å². The van der Waals surface area contributed by atoms with E-state index in [1.807, 2.05) is 6.92 Å². The molecule has 0 radical (unpaired) electrons. The summed E-state index contributed by atoms with van der Waals surface area (Å²) < 4.78 is 0. The van der Waals surface area contributed by atoms with Crippen molar-refractivity contribution in [2.45, 2.75) is 46.1 Å². The van der Waals surface area contributed by atoms with Crippen LogP contribution in [0.5, 0.6) is 0 Å². The predicted molar refractivity (Wildman–Crippen MR) is 87.6 cm³/mol. The Morgan fingerprint density at radius 1 is 1.23 bits per heavy atom. The Hall–Kier alpha value is -2.23. The van der Waals surface area contributed by atoms with Crippen LogP contribution < -0.4 is 5.32 Å². The van der Waals surface area contributed by atoms with Gasteiger partial charge in [-0.1, -0.05) is 18.2 Å². The molecule has 116 valence electrons. The predicted octanol–water partition coefficient (Wildman–Crippen LogP) is 2.77. The largest absolute Gasteiger partial charge is 0.353 e. The first-order chi connectivity index (χ1) is 10.5. The number of hydrogen-bond acceptors (Lipinski definition) is 3. The molecule has 0 aliphatic rings. The molecule has 1 N–H and O–H groups in total. The molecule has 22 heavy (non-hydrogen) atoms. The normalized spacial score (nSPS) is 12.0. The zero-order valence-corrected chi connectivity index (χ0v) is 13.5. The summed E-state index contributed by atoms with van der Waals surface area (Å²) in [5, 5.41) is 3.02. The Morgan fingerprint density at radius 3 is 2.73 bits per heavy atom. The number of aromatic nitrogens is 2. The van der Waals surface area contributed by atoms with E-state index in [1.54, 1.807) is 18.6 Å². The molecule has 1 heterocycles. The van der Waals surface area contributed by atoms with Crippen LogP contribution in [0.2, 0.25) is 0 Å². The molecule has 0 aliphatic carbocycles. The zero-order valence-electron chi connectivity index (χ0n) is 13.5. The first-order valence-electron chi connectivity index (χ1n) is 7.65. The number of carbonyl (C=O) groups excluding carboxylic acids is 1. The smallest absolute Gasteiger partial charge is 0.220 e. The first kappa shape index (κ1) is 16.1. The Bertz CT molecular complexity index is 625. The van der Waals surface area contributed by atoms with Crippen molar-refractivity contribution in [3.8, 4) is 0 Å². The van der Waals surface area contributed by atoms with Crippen LogP contribution in [0.1, 0.15) is 35.7 Å². The molecular formula is C18H23N3O. The van der Waals surface area contributed by atoms with E-state index in [0.717, 1.165) is 12.1 Å². The summed E-state index contributed by atoms with van der Waals surface area (Å²) in [5.41, 5.74) is 4.66. The van der Waals surface area contributed by atoms with Gasteiger partial charge in [-0.05, 0) is 43.9 Å². The van der Waals surface area contributed by atoms with Crippen LogP contribution >= 0.6 is 0 Å². The van der Waals surface area contributed by atoms with Crippen LogP contribution in [-0.2, 0) is 17.6 Å². The van der Waals surface area contributed by atoms with Gasteiger partial charge in [-0.15, -0.1) is 0 Å². The average molecular weight is 297 g/mol. The molecular weight excluding hydrogens is 274 g/mol. The molecule has 1 amide bonds. The molecule has 1 atom stereocenters. The maximum Gasteiger partial charge on any atom is 0.220 e. The molecule has 0 saturated carbocycles. The third-order valence-electron chi connectivity index (χ3n) is 3.75. The van der Waals surface area contributed by atoms with Gasteiger partial charge in [0.1, 0.15) is 0 Å². The summed E-state index contributed by atoms with van der Waals surface area (Å²) in [6.07, 6.45) is 7.03. The Balaban J connectivity index is 1.78. The highest BCUT2D eigenvalue weighted by molar-refractivity contribution is 5.76. The van der Waals surface area contributed by atoms with E-state index < -0.39 is 0 Å². The number of nitrogens with zero attached hydrogens (tertiary/aromatic N) is 2. The molecule has 1 aromatic heterocycles. The van der Waals surface area contributed by atoms with E-state index in [9.17, 15) is 4.79 Å². The third-order valence-corrected chi connectivity index (χ3v) is 3.75. The number of benzene rings is 1. The number of nitrogens with one attached hydrogen (secondary N) is 1. The fraction of sp³-hybridized carbons (Fsp3) is 0.389. The van der Waals surface area contributed by atoms with Crippen molar-refractivity contribution < 1.29 is 4.79 Å². The standard InChI is InChI=1S/C18H23N3O/c1-13-4-5-16(10-14(13)2)6-7-18(22)21-15(3)11-17-12-19-8-9-20-17/h4-5,8-10,12,15H,6-7,11H2,1-3H3,(H,21,22). The highest BCUT2D eigenvalue weighted by Crippen LogP contribution is 2.11. The number of rotatable bonds is 6. The lowest BCUT2D eigenvalue weighted by Crippen LogP contribution is -2.34. The lowest BCUT2D eigenvalue weighted by atomic mass is 10.0. The molecule has 0 spiro atoms. The fourth-order valence-electron chi connectivity index (χ4n) is 2.36. The second-order valence-electron chi connectivity index (χ2n) is 5.79. The average Bonchev–Trinajstić information content (AvgIpc) is 2.49. The molecule has 0 saturated heterocycles. The fourth-order valence-corrected chi connectivity index (χ4v) is 2.36. The highest BCUT2D eigenvalue weighted by Gasteiger charge is 2.09. The third kappa shape index (κ3) is 4.95. The maximum absolute atomic E-state index is 12.0. The van der Waals surface area contributed by atoms with Gasteiger partial charge in [-0.2, -0.15) is 0 Å². The van der Waals surface area contributed by atoms with Crippen LogP contribution in [0.4, 0.5) is 0 Å². The van der Waals surface area contributed by atoms with Crippen LogP contribution in [-0.4, -0.2) is 21.9 Å². The molecule has 2 aromatic rings. The van der Waals surface area contributed by atoms with E-state index in [1.165, 1.54) is 16.7 Å². The van der Waals surface area contributed by atoms with Crippen molar-refractivity contribution in [2.24, 2.45) is 0 Å². The summed E-state index contributed by atoms with van der Waals surface area (Å²) in [4.78, 5) is 20.3. The summed E-state index contributed by atoms with van der Waals surface area (Å²) >= 11 is 0. The Morgan fingerprint density at radius 2 is 2.05 bits per heavy atom. The molecule has 1 unspecified atom stereocenters. The SMILES string of the molecule is Cc1ccc(CCC(=O)NC(C)Cc2cnccn2)cc1C. The molecule has 0 fully saturated rings. The van der Waals surface area contributed by atoms with Crippen molar-refractivity contribution in [3.63, 3.8) is 0 Å². The maximum atomic E-state index is 12.0. The minimum atomic E-state index is 0.0592. The Labute approximate surface area is 132 Å². The lowest BCUT2D eigenvalue weighted by Gasteiger charge is -2.13. The summed E-state index contributed by atoms with van der Waals surface area (Å²) in [5.74, 6) is 0.0784. The number of amides is 1. The van der Waals surface area contributed by atoms with Gasteiger partial charge in [0.25, 0.3) is 0 Å². The molecule has 0 aliphatic heterocycles. The van der Waals surface area contributed by atoms with E-state index in [-0.39, 0.29) is 11.9 Å². The number of hydrogen-bond donors (Lipinski definition) is 1. The minimum absolute atomic E-state index is 0.0592. The lowest BCUT2D eigenvalue weighted by molar-refractivity contribution is -0.121. The van der Waals surface area contributed by atoms with E-state index in [4.69, 9.17) is 0 Å². The zero-order chi connectivity index (χ0) is 15.9. The minimum Gasteiger partial charge on any atom is -0.353 e. The van der Waals surface area contributed by atoms with Crippen molar-refractivity contribution in [1.29, 1.82) is 0 Å². The molecule has 2 rings (SSSR count). The second-order valence-corrected chi connectivity index (χ2v) is 5.79. The molecule has 4 heteroatoms. The van der Waals surface area contributed by atoms with E-state index in [2.05, 4.69) is 47.3 Å². The van der Waals surface area contributed by atoms with E-state index >= 15 is 0 Å². The highest BCUT2D eigenvalue weighted by atomic mass is 16.1. The van der Waals surface area contributed by atoms with Gasteiger partial charge in [-0.25, -0.2) is 0 Å². The van der Waals surface area contributed by atoms with Gasteiger partial charge in [0.05, 0.1) is 5.69 Å². The van der Waals surface area contributed by atoms with Crippen molar-refractivity contribution in [2.75, 3.05) is 0 Å². The molecule has 4 nitrogen and oxygen atoms in total. The van der Waals surface area contributed by atoms with Gasteiger partial charge in [-0.3, -0.25) is 14.8 Å². The molecule has 0 bridgehead atoms. The number of carbonyl (C=O) groups is 1. The van der Waals surface area contributed by atoms with Gasteiger partial charge in [0.15, 0.2) is 0 Å². The van der Waals surface area contributed by atoms with Gasteiger partial charge >= 0.3 is 0 Å². The van der Waals surface area contributed by atoms with Crippen molar-refractivity contribution in [3.05, 3.63) is 59.2 Å². The van der Waals surface area contributed by atoms with Gasteiger partial charge in [0.2, 0.25) is 5.91 Å². The summed E-state index contributed by atoms with van der Waals surface area (Å²) in [7, 11) is 0. The van der Waals surface area contributed by atoms with Crippen LogP contribution in [0, 0.1) is 13.8 Å². The summed E-state index contributed by atoms with van der Waals surface area (Å²) in [6, 6.07) is 6.42. The van der Waals surface area contributed by atoms with Crippen LogP contribution in [0.3, 0.4) is 0 Å². The van der Waals surface area contributed by atoms with E-state index in [0.29, 0.717) is 12.8 Å². The Kier molecular flexibility index (Phi) is 5.64. The second kappa shape index (κ2) is 7.69. The van der Waals surface area contributed by atoms with Crippen LogP contribution in [0.25, 0.3) is 0 Å². The topological polar surface area (TPSA) is 54.9 Å². The number of aryl methyl sites for hydroxylation is 3.